The van der Waals surface area contributed by atoms with Gasteiger partial charge in [-0.15, -0.1) is 0 Å². The van der Waals surface area contributed by atoms with Gasteiger partial charge < -0.3 is 15.1 Å². The average Bonchev–Trinajstić information content (AvgIpc) is 2.74. The summed E-state index contributed by atoms with van der Waals surface area (Å²) in [5.74, 6) is 0.723. The molecule has 0 radical (unpaired) electrons. The Morgan fingerprint density at radius 2 is 1.75 bits per heavy atom. The van der Waals surface area contributed by atoms with Gasteiger partial charge in [-0.25, -0.2) is 4.98 Å². The summed E-state index contributed by atoms with van der Waals surface area (Å²) in [5.41, 5.74) is 5.28. The van der Waals surface area contributed by atoms with Crippen LogP contribution in [-0.2, 0) is 13.0 Å². The predicted octanol–water partition coefficient (Wildman–Crippen LogP) is 3.96. The van der Waals surface area contributed by atoms with Gasteiger partial charge in [0.05, 0.1) is 11.9 Å². The minimum absolute atomic E-state index is 0.130. The number of carbonyl (C=O) groups is 1. The van der Waals surface area contributed by atoms with E-state index >= 15 is 0 Å². The van der Waals surface area contributed by atoms with E-state index in [1.165, 1.54) is 11.1 Å². The van der Waals surface area contributed by atoms with Crippen molar-refractivity contribution in [1.29, 1.82) is 0 Å². The van der Waals surface area contributed by atoms with Gasteiger partial charge in [0.1, 0.15) is 5.82 Å². The average molecular weight is 372 g/mol. The SMILES string of the molecule is CN(C)c1ccc(NC(=O)c2ccc(N3CCc4ccccc4C3)cc2)cn1. The smallest absolute Gasteiger partial charge is 0.255 e. The number of anilines is 3. The molecular weight excluding hydrogens is 348 g/mol. The molecule has 1 amide bonds. The molecule has 0 saturated heterocycles. The van der Waals surface area contributed by atoms with Crippen molar-refractivity contribution in [2.75, 3.05) is 35.8 Å². The summed E-state index contributed by atoms with van der Waals surface area (Å²) in [6.07, 6.45) is 2.72. The van der Waals surface area contributed by atoms with Gasteiger partial charge in [0.25, 0.3) is 5.91 Å². The summed E-state index contributed by atoms with van der Waals surface area (Å²) >= 11 is 0. The summed E-state index contributed by atoms with van der Waals surface area (Å²) in [6.45, 7) is 1.90. The van der Waals surface area contributed by atoms with E-state index in [0.29, 0.717) is 11.3 Å². The molecule has 0 fully saturated rings. The molecule has 2 aromatic carbocycles. The molecule has 1 aliphatic heterocycles. The van der Waals surface area contributed by atoms with Gasteiger partial charge in [-0.3, -0.25) is 4.79 Å². The highest BCUT2D eigenvalue weighted by Gasteiger charge is 2.16. The zero-order valence-electron chi connectivity index (χ0n) is 16.2. The Kier molecular flexibility index (Phi) is 4.98. The fourth-order valence-electron chi connectivity index (χ4n) is 3.47. The van der Waals surface area contributed by atoms with Crippen LogP contribution in [0.5, 0.6) is 0 Å². The number of pyridine rings is 1. The monoisotopic (exact) mass is 372 g/mol. The van der Waals surface area contributed by atoms with Crippen LogP contribution >= 0.6 is 0 Å². The van der Waals surface area contributed by atoms with E-state index in [1.807, 2.05) is 55.4 Å². The number of hydrogen-bond donors (Lipinski definition) is 1. The molecule has 1 aromatic heterocycles. The van der Waals surface area contributed by atoms with Crippen LogP contribution in [0.4, 0.5) is 17.2 Å². The highest BCUT2D eigenvalue weighted by molar-refractivity contribution is 6.04. The third-order valence-corrected chi connectivity index (χ3v) is 5.09. The van der Waals surface area contributed by atoms with Crippen molar-refractivity contribution in [1.82, 2.24) is 4.98 Å². The fourth-order valence-corrected chi connectivity index (χ4v) is 3.47. The Morgan fingerprint density at radius 3 is 2.43 bits per heavy atom. The highest BCUT2D eigenvalue weighted by Crippen LogP contribution is 2.25. The van der Waals surface area contributed by atoms with Crippen LogP contribution < -0.4 is 15.1 Å². The number of nitrogens with one attached hydrogen (secondary N) is 1. The lowest BCUT2D eigenvalue weighted by Gasteiger charge is -2.30. The molecule has 1 aliphatic rings. The molecular formula is C23H24N4O. The topological polar surface area (TPSA) is 48.5 Å². The molecule has 0 spiro atoms. The number of rotatable bonds is 4. The molecule has 1 N–H and O–H groups in total. The lowest BCUT2D eigenvalue weighted by molar-refractivity contribution is 0.102. The molecule has 142 valence electrons. The number of amides is 1. The van der Waals surface area contributed by atoms with Crippen molar-refractivity contribution in [3.63, 3.8) is 0 Å². The van der Waals surface area contributed by atoms with Gasteiger partial charge in [0, 0.05) is 38.4 Å². The largest absolute Gasteiger partial charge is 0.367 e. The minimum atomic E-state index is -0.130. The van der Waals surface area contributed by atoms with Gasteiger partial charge in [-0.2, -0.15) is 0 Å². The van der Waals surface area contributed by atoms with Crippen LogP contribution in [0.15, 0.2) is 66.9 Å². The second-order valence-corrected chi connectivity index (χ2v) is 7.24. The summed E-state index contributed by atoms with van der Waals surface area (Å²) in [6, 6.07) is 20.2. The molecule has 0 aliphatic carbocycles. The summed E-state index contributed by atoms with van der Waals surface area (Å²) in [5, 5.41) is 2.90. The maximum atomic E-state index is 12.5. The van der Waals surface area contributed by atoms with Crippen LogP contribution in [-0.4, -0.2) is 31.5 Å². The van der Waals surface area contributed by atoms with E-state index in [-0.39, 0.29) is 5.91 Å². The van der Waals surface area contributed by atoms with E-state index in [4.69, 9.17) is 0 Å². The lowest BCUT2D eigenvalue weighted by atomic mass is 9.99. The number of carbonyl (C=O) groups excluding carboxylic acids is 1. The first-order valence-electron chi connectivity index (χ1n) is 9.47. The van der Waals surface area contributed by atoms with Crippen molar-refractivity contribution in [3.05, 3.63) is 83.6 Å². The van der Waals surface area contributed by atoms with Gasteiger partial charge in [0.15, 0.2) is 0 Å². The molecule has 3 aromatic rings. The Bertz CT molecular complexity index is 965. The number of nitrogens with zero attached hydrogens (tertiary/aromatic N) is 3. The molecule has 5 heteroatoms. The standard InChI is InChI=1S/C23H24N4O/c1-26(2)22-12-9-20(15-24-22)25-23(28)18-7-10-21(11-8-18)27-14-13-17-5-3-4-6-19(17)16-27/h3-12,15H,13-14,16H2,1-2H3,(H,25,28). The predicted molar refractivity (Wildman–Crippen MR) is 114 cm³/mol. The number of benzene rings is 2. The van der Waals surface area contributed by atoms with Gasteiger partial charge in [0.2, 0.25) is 0 Å². The normalized spacial score (nSPS) is 13.0. The van der Waals surface area contributed by atoms with Crippen LogP contribution in [0.1, 0.15) is 21.5 Å². The third kappa shape index (κ3) is 3.83. The van der Waals surface area contributed by atoms with E-state index in [2.05, 4.69) is 39.5 Å². The summed E-state index contributed by atoms with van der Waals surface area (Å²) < 4.78 is 0. The van der Waals surface area contributed by atoms with Crippen molar-refractivity contribution < 1.29 is 4.79 Å². The molecule has 0 unspecified atom stereocenters. The van der Waals surface area contributed by atoms with Crippen LogP contribution in [0, 0.1) is 0 Å². The molecule has 5 nitrogen and oxygen atoms in total. The first-order chi connectivity index (χ1) is 13.6. The molecule has 28 heavy (non-hydrogen) atoms. The first kappa shape index (κ1) is 18.0. The Balaban J connectivity index is 1.42. The van der Waals surface area contributed by atoms with Crippen LogP contribution in [0.3, 0.4) is 0 Å². The van der Waals surface area contributed by atoms with Gasteiger partial charge >= 0.3 is 0 Å². The summed E-state index contributed by atoms with van der Waals surface area (Å²) in [7, 11) is 3.87. The van der Waals surface area contributed by atoms with Crippen molar-refractivity contribution >= 4 is 23.1 Å². The maximum Gasteiger partial charge on any atom is 0.255 e. The second-order valence-electron chi connectivity index (χ2n) is 7.24. The molecule has 4 rings (SSSR count). The van der Waals surface area contributed by atoms with Crippen molar-refractivity contribution in [2.24, 2.45) is 0 Å². The molecule has 2 heterocycles. The Morgan fingerprint density at radius 1 is 1.00 bits per heavy atom. The number of fused-ring (bicyclic) bond motifs is 1. The van der Waals surface area contributed by atoms with E-state index in [1.54, 1.807) is 6.20 Å². The van der Waals surface area contributed by atoms with Crippen LogP contribution in [0.25, 0.3) is 0 Å². The second kappa shape index (κ2) is 7.72. The van der Waals surface area contributed by atoms with Crippen molar-refractivity contribution in [3.8, 4) is 0 Å². The summed E-state index contributed by atoms with van der Waals surface area (Å²) in [4.78, 5) is 21.1. The van der Waals surface area contributed by atoms with Crippen LogP contribution in [0.2, 0.25) is 0 Å². The Hall–Kier alpha value is -3.34. The number of aromatic nitrogens is 1. The van der Waals surface area contributed by atoms with Gasteiger partial charge in [-0.05, 0) is 53.9 Å². The lowest BCUT2D eigenvalue weighted by Crippen LogP contribution is -2.30. The van der Waals surface area contributed by atoms with E-state index < -0.39 is 0 Å². The zero-order chi connectivity index (χ0) is 19.5. The quantitative estimate of drug-likeness (QED) is 0.753. The molecule has 0 atom stereocenters. The molecule has 0 bridgehead atoms. The Labute approximate surface area is 165 Å². The zero-order valence-corrected chi connectivity index (χ0v) is 16.2. The third-order valence-electron chi connectivity index (χ3n) is 5.09. The van der Waals surface area contributed by atoms with Crippen molar-refractivity contribution in [2.45, 2.75) is 13.0 Å². The highest BCUT2D eigenvalue weighted by atomic mass is 16.1. The minimum Gasteiger partial charge on any atom is -0.367 e. The van der Waals surface area contributed by atoms with Gasteiger partial charge in [-0.1, -0.05) is 24.3 Å². The van der Waals surface area contributed by atoms with E-state index in [9.17, 15) is 4.79 Å². The fraction of sp³-hybridized carbons (Fsp3) is 0.217. The molecule has 0 saturated carbocycles. The van der Waals surface area contributed by atoms with E-state index in [0.717, 1.165) is 31.0 Å². The maximum absolute atomic E-state index is 12.5. The first-order valence-corrected chi connectivity index (χ1v) is 9.47. The number of hydrogen-bond acceptors (Lipinski definition) is 4.